The number of aromatic nitrogens is 1. The summed E-state index contributed by atoms with van der Waals surface area (Å²) in [6.07, 6.45) is 1.99. The number of nitrogens with zero attached hydrogens (tertiary/aromatic N) is 1. The van der Waals surface area contributed by atoms with Crippen molar-refractivity contribution >= 4 is 16.0 Å². The second-order valence-corrected chi connectivity index (χ2v) is 5.81. The molecule has 1 aromatic rings. The van der Waals surface area contributed by atoms with Crippen LogP contribution in [0.4, 0.5) is 0 Å². The Morgan fingerprint density at radius 3 is 2.83 bits per heavy atom. The van der Waals surface area contributed by atoms with Gasteiger partial charge in [0.2, 0.25) is 0 Å². The van der Waals surface area contributed by atoms with Crippen molar-refractivity contribution in [2.75, 3.05) is 6.54 Å². The van der Waals surface area contributed by atoms with Gasteiger partial charge >= 0.3 is 5.97 Å². The number of aromatic carboxylic acids is 1. The molecule has 1 aliphatic rings. The topological polar surface area (TPSA) is 96.4 Å². The lowest BCUT2D eigenvalue weighted by molar-refractivity contribution is 0.0696. The Morgan fingerprint density at radius 2 is 2.28 bits per heavy atom. The number of hydrogen-bond donors (Lipinski definition) is 2. The molecule has 0 aromatic carbocycles. The normalized spacial score (nSPS) is 18.7. The molecule has 0 radical (unpaired) electrons. The summed E-state index contributed by atoms with van der Waals surface area (Å²) in [7, 11) is -3.76. The zero-order chi connectivity index (χ0) is 13.3. The van der Waals surface area contributed by atoms with Crippen molar-refractivity contribution in [3.63, 3.8) is 0 Å². The van der Waals surface area contributed by atoms with Crippen molar-refractivity contribution in [3.05, 3.63) is 36.0 Å². The van der Waals surface area contributed by atoms with Gasteiger partial charge in [-0.25, -0.2) is 22.9 Å². The molecular weight excluding hydrogens is 256 g/mol. The van der Waals surface area contributed by atoms with Crippen LogP contribution in [0, 0.1) is 5.92 Å². The van der Waals surface area contributed by atoms with E-state index in [1.54, 1.807) is 0 Å². The minimum absolute atomic E-state index is 0.110. The van der Waals surface area contributed by atoms with Gasteiger partial charge < -0.3 is 5.11 Å². The summed E-state index contributed by atoms with van der Waals surface area (Å²) in [5.41, 5.74) is 0.908. The second kappa shape index (κ2) is 4.51. The fourth-order valence-corrected chi connectivity index (χ4v) is 2.50. The first-order valence-electron chi connectivity index (χ1n) is 5.27. The van der Waals surface area contributed by atoms with Gasteiger partial charge in [-0.2, -0.15) is 0 Å². The Labute approximate surface area is 104 Å². The predicted molar refractivity (Wildman–Crippen MR) is 63.6 cm³/mol. The molecule has 0 spiro atoms. The average molecular weight is 268 g/mol. The number of sulfonamides is 1. The molecule has 96 valence electrons. The summed E-state index contributed by atoms with van der Waals surface area (Å²) in [5, 5.41) is 8.50. The van der Waals surface area contributed by atoms with Gasteiger partial charge in [0.1, 0.15) is 0 Å². The molecule has 2 N–H and O–H groups in total. The van der Waals surface area contributed by atoms with Crippen LogP contribution in [0.25, 0.3) is 0 Å². The Hall–Kier alpha value is -1.73. The Balaban J connectivity index is 2.15. The Kier molecular flexibility index (Phi) is 3.18. The number of nitrogens with one attached hydrogen (secondary N) is 1. The summed E-state index contributed by atoms with van der Waals surface area (Å²) in [6.45, 7) is 4.01. The SMILES string of the molecule is C=C1CC1CNS(=O)(=O)c1cc(C(=O)O)ccn1. The lowest BCUT2D eigenvalue weighted by atomic mass is 10.3. The van der Waals surface area contributed by atoms with Crippen molar-refractivity contribution in [1.29, 1.82) is 0 Å². The van der Waals surface area contributed by atoms with Crippen LogP contribution in [0.2, 0.25) is 0 Å². The molecule has 18 heavy (non-hydrogen) atoms. The maximum absolute atomic E-state index is 11.8. The maximum atomic E-state index is 11.8. The van der Waals surface area contributed by atoms with Gasteiger partial charge in [-0.05, 0) is 24.5 Å². The molecule has 1 heterocycles. The van der Waals surface area contributed by atoms with Crippen molar-refractivity contribution in [2.24, 2.45) is 5.92 Å². The highest BCUT2D eigenvalue weighted by Gasteiger charge is 2.29. The zero-order valence-electron chi connectivity index (χ0n) is 9.46. The molecule has 7 heteroatoms. The predicted octanol–water partition coefficient (Wildman–Crippen LogP) is 0.634. The molecule has 0 saturated heterocycles. The lowest BCUT2D eigenvalue weighted by Crippen LogP contribution is -2.27. The number of carboxylic acid groups (broad SMARTS) is 1. The lowest BCUT2D eigenvalue weighted by Gasteiger charge is -2.05. The molecule has 1 unspecified atom stereocenters. The molecule has 0 amide bonds. The minimum Gasteiger partial charge on any atom is -0.478 e. The maximum Gasteiger partial charge on any atom is 0.335 e. The van der Waals surface area contributed by atoms with E-state index >= 15 is 0 Å². The van der Waals surface area contributed by atoms with Crippen molar-refractivity contribution in [3.8, 4) is 0 Å². The molecule has 2 rings (SSSR count). The number of carboxylic acids is 1. The molecule has 1 atom stereocenters. The fraction of sp³-hybridized carbons (Fsp3) is 0.273. The molecule has 6 nitrogen and oxygen atoms in total. The van der Waals surface area contributed by atoms with E-state index < -0.39 is 16.0 Å². The highest BCUT2D eigenvalue weighted by atomic mass is 32.2. The smallest absolute Gasteiger partial charge is 0.335 e. The number of hydrogen-bond acceptors (Lipinski definition) is 4. The summed E-state index contributed by atoms with van der Waals surface area (Å²) in [6, 6.07) is 2.27. The van der Waals surface area contributed by atoms with Crippen molar-refractivity contribution < 1.29 is 18.3 Å². The quantitative estimate of drug-likeness (QED) is 0.764. The van der Waals surface area contributed by atoms with E-state index in [1.165, 1.54) is 6.07 Å². The van der Waals surface area contributed by atoms with Crippen LogP contribution in [0.1, 0.15) is 16.8 Å². The largest absolute Gasteiger partial charge is 0.478 e. The van der Waals surface area contributed by atoms with Gasteiger partial charge in [-0.3, -0.25) is 0 Å². The standard InChI is InChI=1S/C11H12N2O4S/c1-7-4-9(7)6-13-18(16,17)10-5-8(11(14)15)2-3-12-10/h2-3,5,9,13H,1,4,6H2,(H,14,15). The summed E-state index contributed by atoms with van der Waals surface area (Å²) < 4.78 is 26.1. The summed E-state index contributed by atoms with van der Waals surface area (Å²) in [5.74, 6) is -1.01. The number of rotatable bonds is 5. The summed E-state index contributed by atoms with van der Waals surface area (Å²) >= 11 is 0. The average Bonchev–Trinajstić information content (AvgIpc) is 3.03. The molecular formula is C11H12N2O4S. The number of pyridine rings is 1. The third kappa shape index (κ3) is 2.74. The van der Waals surface area contributed by atoms with Gasteiger partial charge in [0, 0.05) is 12.7 Å². The zero-order valence-corrected chi connectivity index (χ0v) is 10.3. The Morgan fingerprint density at radius 1 is 1.61 bits per heavy atom. The van der Waals surface area contributed by atoms with Gasteiger partial charge in [0.05, 0.1) is 5.56 Å². The second-order valence-electron chi connectivity index (χ2n) is 4.10. The van der Waals surface area contributed by atoms with E-state index in [0.717, 1.165) is 24.3 Å². The van der Waals surface area contributed by atoms with Crippen LogP contribution in [0.15, 0.2) is 35.5 Å². The van der Waals surface area contributed by atoms with E-state index in [-0.39, 0.29) is 23.1 Å². The van der Waals surface area contributed by atoms with E-state index in [1.807, 2.05) is 0 Å². The van der Waals surface area contributed by atoms with Crippen LogP contribution in [-0.4, -0.2) is 31.0 Å². The number of carbonyl (C=O) groups is 1. The van der Waals surface area contributed by atoms with Gasteiger partial charge in [-0.15, -0.1) is 0 Å². The van der Waals surface area contributed by atoms with Crippen LogP contribution >= 0.6 is 0 Å². The Bertz CT molecular complexity index is 609. The van der Waals surface area contributed by atoms with E-state index in [4.69, 9.17) is 5.11 Å². The van der Waals surface area contributed by atoms with Crippen LogP contribution in [-0.2, 0) is 10.0 Å². The fourth-order valence-electron chi connectivity index (χ4n) is 1.45. The molecule has 1 saturated carbocycles. The molecule has 0 bridgehead atoms. The molecule has 0 aliphatic heterocycles. The van der Waals surface area contributed by atoms with E-state index in [0.29, 0.717) is 0 Å². The highest BCUT2D eigenvalue weighted by molar-refractivity contribution is 7.89. The minimum atomic E-state index is -3.76. The monoisotopic (exact) mass is 268 g/mol. The van der Waals surface area contributed by atoms with Gasteiger partial charge in [-0.1, -0.05) is 12.2 Å². The highest BCUT2D eigenvalue weighted by Crippen LogP contribution is 2.34. The van der Waals surface area contributed by atoms with Crippen LogP contribution < -0.4 is 4.72 Å². The van der Waals surface area contributed by atoms with E-state index in [9.17, 15) is 13.2 Å². The third-order valence-corrected chi connectivity index (χ3v) is 4.02. The first-order chi connectivity index (χ1) is 8.40. The van der Waals surface area contributed by atoms with Gasteiger partial charge in [0.15, 0.2) is 5.03 Å². The van der Waals surface area contributed by atoms with Crippen LogP contribution in [0.3, 0.4) is 0 Å². The van der Waals surface area contributed by atoms with E-state index in [2.05, 4.69) is 16.3 Å². The van der Waals surface area contributed by atoms with Crippen LogP contribution in [0.5, 0.6) is 0 Å². The molecule has 1 aromatic heterocycles. The first kappa shape index (κ1) is 12.7. The summed E-state index contributed by atoms with van der Waals surface area (Å²) in [4.78, 5) is 14.4. The van der Waals surface area contributed by atoms with Crippen molar-refractivity contribution in [2.45, 2.75) is 11.4 Å². The van der Waals surface area contributed by atoms with Gasteiger partial charge in [0.25, 0.3) is 10.0 Å². The molecule has 1 aliphatic carbocycles. The molecule has 1 fully saturated rings. The van der Waals surface area contributed by atoms with Crippen molar-refractivity contribution in [1.82, 2.24) is 9.71 Å². The third-order valence-electron chi connectivity index (χ3n) is 2.70. The first-order valence-corrected chi connectivity index (χ1v) is 6.75.